The number of aryl methyl sites for hydroxylation is 2. The second-order valence-electron chi connectivity index (χ2n) is 7.51. The van der Waals surface area contributed by atoms with E-state index in [0.717, 1.165) is 30.2 Å². The highest BCUT2D eigenvalue weighted by atomic mass is 16.5. The van der Waals surface area contributed by atoms with E-state index < -0.39 is 0 Å². The van der Waals surface area contributed by atoms with E-state index in [0.29, 0.717) is 36.1 Å². The average molecular weight is 417 g/mol. The Morgan fingerprint density at radius 1 is 1.06 bits per heavy atom. The van der Waals surface area contributed by atoms with Crippen LogP contribution in [0.4, 0.5) is 11.6 Å². The number of nitrogens with one attached hydrogen (secondary N) is 1. The van der Waals surface area contributed by atoms with Crippen molar-refractivity contribution in [3.8, 4) is 11.4 Å². The van der Waals surface area contributed by atoms with Crippen molar-refractivity contribution in [1.29, 1.82) is 0 Å². The molecule has 5 rings (SSSR count). The molecule has 0 radical (unpaired) electrons. The number of hydrogen-bond acceptors (Lipinski definition) is 8. The van der Waals surface area contributed by atoms with Crippen LogP contribution in [-0.4, -0.2) is 52.3 Å². The van der Waals surface area contributed by atoms with E-state index in [1.807, 2.05) is 41.8 Å². The van der Waals surface area contributed by atoms with Crippen LogP contribution in [0.3, 0.4) is 0 Å². The molecule has 0 amide bonds. The van der Waals surface area contributed by atoms with Crippen molar-refractivity contribution in [2.75, 3.05) is 36.6 Å². The molecule has 1 N–H and O–H groups in total. The summed E-state index contributed by atoms with van der Waals surface area (Å²) in [5.41, 5.74) is 7.37. The SMILES string of the molecule is Cc1cccc(/C=N/Nc2cc(N3CCOCC3)n3nc(-c4cc(C)on4)cc3n2)c1. The van der Waals surface area contributed by atoms with Gasteiger partial charge in [-0.2, -0.15) is 14.7 Å². The van der Waals surface area contributed by atoms with Gasteiger partial charge >= 0.3 is 0 Å². The van der Waals surface area contributed by atoms with Crippen LogP contribution in [0.15, 0.2) is 52.1 Å². The minimum Gasteiger partial charge on any atom is -0.378 e. The third-order valence-corrected chi connectivity index (χ3v) is 5.07. The molecule has 4 heterocycles. The normalized spacial score (nSPS) is 14.6. The molecule has 0 bridgehead atoms. The Bertz CT molecular complexity index is 1240. The molecule has 158 valence electrons. The summed E-state index contributed by atoms with van der Waals surface area (Å²) in [5.74, 6) is 2.30. The molecule has 1 fully saturated rings. The summed E-state index contributed by atoms with van der Waals surface area (Å²) in [6.07, 6.45) is 1.78. The molecule has 0 spiro atoms. The Hall–Kier alpha value is -3.72. The van der Waals surface area contributed by atoms with Crippen LogP contribution in [0.25, 0.3) is 17.0 Å². The minimum absolute atomic E-state index is 0.640. The summed E-state index contributed by atoms with van der Waals surface area (Å²) in [7, 11) is 0. The fraction of sp³-hybridized carbons (Fsp3) is 0.273. The lowest BCUT2D eigenvalue weighted by atomic mass is 10.2. The number of aromatic nitrogens is 4. The predicted octanol–water partition coefficient (Wildman–Crippen LogP) is 3.28. The molecule has 0 aliphatic carbocycles. The van der Waals surface area contributed by atoms with Crippen molar-refractivity contribution >= 4 is 23.5 Å². The van der Waals surface area contributed by atoms with Gasteiger partial charge in [0.25, 0.3) is 0 Å². The molecule has 0 atom stereocenters. The number of rotatable bonds is 5. The van der Waals surface area contributed by atoms with Gasteiger partial charge in [-0.15, -0.1) is 0 Å². The van der Waals surface area contributed by atoms with E-state index in [4.69, 9.17) is 19.3 Å². The quantitative estimate of drug-likeness (QED) is 0.393. The zero-order valence-corrected chi connectivity index (χ0v) is 17.4. The highest BCUT2D eigenvalue weighted by Gasteiger charge is 2.19. The summed E-state index contributed by atoms with van der Waals surface area (Å²) in [4.78, 5) is 6.93. The minimum atomic E-state index is 0.640. The summed E-state index contributed by atoms with van der Waals surface area (Å²) in [6, 6.07) is 13.9. The molecule has 31 heavy (non-hydrogen) atoms. The summed E-state index contributed by atoms with van der Waals surface area (Å²) >= 11 is 0. The van der Waals surface area contributed by atoms with Crippen LogP contribution in [0.2, 0.25) is 0 Å². The Kier molecular flexibility index (Phi) is 5.09. The largest absolute Gasteiger partial charge is 0.378 e. The topological polar surface area (TPSA) is 93.1 Å². The lowest BCUT2D eigenvalue weighted by Crippen LogP contribution is -2.37. The first-order valence-electron chi connectivity index (χ1n) is 10.2. The summed E-state index contributed by atoms with van der Waals surface area (Å²) in [5, 5.41) is 13.2. The lowest BCUT2D eigenvalue weighted by Gasteiger charge is -2.29. The zero-order chi connectivity index (χ0) is 21.2. The third kappa shape index (κ3) is 4.13. The zero-order valence-electron chi connectivity index (χ0n) is 17.4. The predicted molar refractivity (Wildman–Crippen MR) is 119 cm³/mol. The molecule has 1 aliphatic heterocycles. The molecule has 1 aromatic carbocycles. The Labute approximate surface area is 179 Å². The Morgan fingerprint density at radius 2 is 1.94 bits per heavy atom. The van der Waals surface area contributed by atoms with Crippen LogP contribution < -0.4 is 10.3 Å². The Morgan fingerprint density at radius 3 is 2.71 bits per heavy atom. The van der Waals surface area contributed by atoms with Crippen LogP contribution in [-0.2, 0) is 4.74 Å². The van der Waals surface area contributed by atoms with Gasteiger partial charge in [-0.1, -0.05) is 35.0 Å². The number of hydrazone groups is 1. The van der Waals surface area contributed by atoms with Crippen molar-refractivity contribution in [3.63, 3.8) is 0 Å². The number of anilines is 2. The second kappa shape index (κ2) is 8.19. The smallest absolute Gasteiger partial charge is 0.160 e. The van der Waals surface area contributed by atoms with Crippen LogP contribution in [0.5, 0.6) is 0 Å². The molecule has 1 saturated heterocycles. The third-order valence-electron chi connectivity index (χ3n) is 5.07. The van der Waals surface area contributed by atoms with E-state index in [-0.39, 0.29) is 0 Å². The van der Waals surface area contributed by atoms with Crippen LogP contribution in [0, 0.1) is 13.8 Å². The van der Waals surface area contributed by atoms with Crippen molar-refractivity contribution in [1.82, 2.24) is 19.8 Å². The second-order valence-corrected chi connectivity index (χ2v) is 7.51. The Balaban J connectivity index is 1.50. The van der Waals surface area contributed by atoms with E-state index >= 15 is 0 Å². The first-order chi connectivity index (χ1) is 15.2. The lowest BCUT2D eigenvalue weighted by molar-refractivity contribution is 0.122. The number of ether oxygens (including phenoxy) is 1. The van der Waals surface area contributed by atoms with Gasteiger partial charge in [0.1, 0.15) is 23.0 Å². The summed E-state index contributed by atoms with van der Waals surface area (Å²) in [6.45, 7) is 6.83. The van der Waals surface area contributed by atoms with Gasteiger partial charge < -0.3 is 14.2 Å². The molecule has 0 saturated carbocycles. The maximum Gasteiger partial charge on any atom is 0.160 e. The van der Waals surface area contributed by atoms with Crippen LogP contribution in [0.1, 0.15) is 16.9 Å². The van der Waals surface area contributed by atoms with Crippen molar-refractivity contribution < 1.29 is 9.26 Å². The molecule has 9 nitrogen and oxygen atoms in total. The monoisotopic (exact) mass is 417 g/mol. The van der Waals surface area contributed by atoms with E-state index in [2.05, 4.69) is 39.6 Å². The molecule has 1 aliphatic rings. The number of hydrogen-bond donors (Lipinski definition) is 1. The standard InChI is InChI=1S/C22H23N7O2/c1-15-4-3-5-17(10-15)14-23-25-20-13-22(28-6-8-30-9-7-28)29-21(24-20)12-18(26-29)19-11-16(2)31-27-19/h3-5,10-14H,6-9H2,1-2H3,(H,24,25)/b23-14+. The van der Waals surface area contributed by atoms with E-state index in [9.17, 15) is 0 Å². The van der Waals surface area contributed by atoms with E-state index in [1.165, 1.54) is 5.56 Å². The van der Waals surface area contributed by atoms with E-state index in [1.54, 1.807) is 6.21 Å². The van der Waals surface area contributed by atoms with Gasteiger partial charge in [-0.25, -0.2) is 4.98 Å². The maximum atomic E-state index is 5.52. The van der Waals surface area contributed by atoms with Crippen LogP contribution >= 0.6 is 0 Å². The fourth-order valence-corrected chi connectivity index (χ4v) is 3.57. The van der Waals surface area contributed by atoms with Gasteiger partial charge in [-0.05, 0) is 19.4 Å². The molecule has 3 aromatic heterocycles. The molecule has 4 aromatic rings. The summed E-state index contributed by atoms with van der Waals surface area (Å²) < 4.78 is 12.6. The first-order valence-corrected chi connectivity index (χ1v) is 10.2. The van der Waals surface area contributed by atoms with Gasteiger partial charge in [0, 0.05) is 31.3 Å². The van der Waals surface area contributed by atoms with Crippen molar-refractivity contribution in [2.24, 2.45) is 5.10 Å². The number of morpholine rings is 1. The van der Waals surface area contributed by atoms with Gasteiger partial charge in [0.05, 0.1) is 19.4 Å². The average Bonchev–Trinajstić information content (AvgIpc) is 3.40. The van der Waals surface area contributed by atoms with Gasteiger partial charge in [0.2, 0.25) is 0 Å². The number of fused-ring (bicyclic) bond motifs is 1. The number of benzene rings is 1. The molecule has 0 unspecified atom stereocenters. The first kappa shape index (κ1) is 19.3. The molecular formula is C22H23N7O2. The number of nitrogens with zero attached hydrogens (tertiary/aromatic N) is 6. The fourth-order valence-electron chi connectivity index (χ4n) is 3.57. The molecule has 9 heteroatoms. The molecular weight excluding hydrogens is 394 g/mol. The van der Waals surface area contributed by atoms with Crippen molar-refractivity contribution in [2.45, 2.75) is 13.8 Å². The highest BCUT2D eigenvalue weighted by molar-refractivity contribution is 5.80. The van der Waals surface area contributed by atoms with Crippen molar-refractivity contribution in [3.05, 3.63) is 59.4 Å². The maximum absolute atomic E-state index is 5.52. The van der Waals surface area contributed by atoms with Gasteiger partial charge in [-0.3, -0.25) is 5.43 Å². The highest BCUT2D eigenvalue weighted by Crippen LogP contribution is 2.25. The van der Waals surface area contributed by atoms with Gasteiger partial charge in [0.15, 0.2) is 11.5 Å².